The summed E-state index contributed by atoms with van der Waals surface area (Å²) in [4.78, 5) is 5.08. The Morgan fingerprint density at radius 3 is 2.38 bits per heavy atom. The van der Waals surface area contributed by atoms with Gasteiger partial charge in [0.2, 0.25) is 0 Å². The van der Waals surface area contributed by atoms with Crippen LogP contribution in [0.5, 0.6) is 0 Å². The van der Waals surface area contributed by atoms with E-state index >= 15 is 0 Å². The van der Waals surface area contributed by atoms with Crippen LogP contribution in [0.2, 0.25) is 5.02 Å². The lowest BCUT2D eigenvalue weighted by molar-refractivity contribution is 0.141. The number of piperidine rings is 2. The van der Waals surface area contributed by atoms with Crippen molar-refractivity contribution in [3.8, 4) is 0 Å². The highest BCUT2D eigenvalue weighted by Gasteiger charge is 2.26. The van der Waals surface area contributed by atoms with E-state index in [4.69, 9.17) is 16.7 Å². The molecule has 0 atom stereocenters. The molecule has 0 unspecified atom stereocenters. The third-order valence-corrected chi connectivity index (χ3v) is 5.21. The second kappa shape index (κ2) is 6.99. The maximum absolute atomic E-state index is 9.16. The Kier molecular flexibility index (Phi) is 5.04. The van der Waals surface area contributed by atoms with Gasteiger partial charge in [-0.3, -0.25) is 0 Å². The second-order valence-electron chi connectivity index (χ2n) is 6.26. The smallest absolute Gasteiger partial charge is 0.0682 e. The van der Waals surface area contributed by atoms with Gasteiger partial charge in [0.25, 0.3) is 0 Å². The Bertz CT molecular complexity index is 466. The SMILES string of the molecule is OCc1ccc(N2CCC(N3CCCCC3)CC2)c(Cl)c1. The minimum atomic E-state index is 0.0526. The summed E-state index contributed by atoms with van der Waals surface area (Å²) in [5, 5.41) is 9.93. The molecule has 0 aliphatic carbocycles. The van der Waals surface area contributed by atoms with Crippen molar-refractivity contribution in [3.63, 3.8) is 0 Å². The van der Waals surface area contributed by atoms with Crippen LogP contribution in [-0.4, -0.2) is 42.2 Å². The summed E-state index contributed by atoms with van der Waals surface area (Å²) < 4.78 is 0. The van der Waals surface area contributed by atoms with E-state index in [1.54, 1.807) is 0 Å². The molecule has 2 aliphatic heterocycles. The molecule has 0 spiro atoms. The van der Waals surface area contributed by atoms with Crippen LogP contribution in [0.3, 0.4) is 0 Å². The molecular weight excluding hydrogens is 284 g/mol. The Morgan fingerprint density at radius 1 is 1.05 bits per heavy atom. The van der Waals surface area contributed by atoms with Crippen LogP contribution in [0.25, 0.3) is 0 Å². The van der Waals surface area contributed by atoms with Crippen molar-refractivity contribution >= 4 is 17.3 Å². The Balaban J connectivity index is 1.60. The van der Waals surface area contributed by atoms with Crippen LogP contribution in [0.4, 0.5) is 5.69 Å². The maximum Gasteiger partial charge on any atom is 0.0682 e. The van der Waals surface area contributed by atoms with Crippen molar-refractivity contribution < 1.29 is 5.11 Å². The molecule has 1 N–H and O–H groups in total. The summed E-state index contributed by atoms with van der Waals surface area (Å²) in [6, 6.07) is 6.66. The second-order valence-corrected chi connectivity index (χ2v) is 6.67. The van der Waals surface area contributed by atoms with Gasteiger partial charge in [-0.15, -0.1) is 0 Å². The van der Waals surface area contributed by atoms with Crippen LogP contribution in [0.1, 0.15) is 37.7 Å². The molecule has 3 rings (SSSR count). The fraction of sp³-hybridized carbons (Fsp3) is 0.647. The highest BCUT2D eigenvalue weighted by molar-refractivity contribution is 6.33. The summed E-state index contributed by atoms with van der Waals surface area (Å²) in [6.45, 7) is 4.79. The Labute approximate surface area is 132 Å². The molecule has 2 heterocycles. The molecule has 0 bridgehead atoms. The molecule has 0 saturated carbocycles. The lowest BCUT2D eigenvalue weighted by atomic mass is 9.99. The fourth-order valence-electron chi connectivity index (χ4n) is 3.66. The van der Waals surface area contributed by atoms with Crippen molar-refractivity contribution in [2.24, 2.45) is 0 Å². The minimum Gasteiger partial charge on any atom is -0.392 e. The van der Waals surface area contributed by atoms with E-state index in [9.17, 15) is 0 Å². The number of benzene rings is 1. The monoisotopic (exact) mass is 308 g/mol. The zero-order valence-electron chi connectivity index (χ0n) is 12.6. The van der Waals surface area contributed by atoms with Crippen molar-refractivity contribution in [2.75, 3.05) is 31.1 Å². The number of hydrogen-bond donors (Lipinski definition) is 1. The number of anilines is 1. The van der Waals surface area contributed by atoms with E-state index in [1.165, 1.54) is 45.2 Å². The third kappa shape index (κ3) is 3.53. The van der Waals surface area contributed by atoms with E-state index in [0.717, 1.165) is 35.4 Å². The van der Waals surface area contributed by atoms with Crippen molar-refractivity contribution in [1.82, 2.24) is 4.90 Å². The molecule has 0 aromatic heterocycles. The zero-order chi connectivity index (χ0) is 14.7. The van der Waals surface area contributed by atoms with Crippen LogP contribution < -0.4 is 4.90 Å². The Morgan fingerprint density at radius 2 is 1.76 bits per heavy atom. The van der Waals surface area contributed by atoms with Gasteiger partial charge in [-0.1, -0.05) is 24.1 Å². The Hall–Kier alpha value is -0.770. The highest BCUT2D eigenvalue weighted by atomic mass is 35.5. The molecule has 116 valence electrons. The van der Waals surface area contributed by atoms with Gasteiger partial charge >= 0.3 is 0 Å². The first-order valence-corrected chi connectivity index (χ1v) is 8.54. The topological polar surface area (TPSA) is 26.7 Å². The van der Waals surface area contributed by atoms with Crippen molar-refractivity contribution in [3.05, 3.63) is 28.8 Å². The molecule has 2 fully saturated rings. The number of halogens is 1. The number of hydrogen-bond acceptors (Lipinski definition) is 3. The van der Waals surface area contributed by atoms with Gasteiger partial charge in [-0.2, -0.15) is 0 Å². The van der Waals surface area contributed by atoms with Crippen molar-refractivity contribution in [2.45, 2.75) is 44.8 Å². The van der Waals surface area contributed by atoms with E-state index in [2.05, 4.69) is 15.9 Å². The van der Waals surface area contributed by atoms with Gasteiger partial charge in [0, 0.05) is 19.1 Å². The van der Waals surface area contributed by atoms with E-state index in [-0.39, 0.29) is 6.61 Å². The third-order valence-electron chi connectivity index (χ3n) is 4.91. The fourth-order valence-corrected chi connectivity index (χ4v) is 3.98. The molecule has 2 saturated heterocycles. The summed E-state index contributed by atoms with van der Waals surface area (Å²) >= 11 is 6.36. The summed E-state index contributed by atoms with van der Waals surface area (Å²) in [6.07, 6.45) is 6.61. The van der Waals surface area contributed by atoms with E-state index in [1.807, 2.05) is 12.1 Å². The van der Waals surface area contributed by atoms with Crippen LogP contribution >= 0.6 is 11.6 Å². The quantitative estimate of drug-likeness (QED) is 0.928. The van der Waals surface area contributed by atoms with Gasteiger partial charge in [0.1, 0.15) is 0 Å². The first-order valence-electron chi connectivity index (χ1n) is 8.16. The summed E-state index contributed by atoms with van der Waals surface area (Å²) in [7, 11) is 0. The molecule has 21 heavy (non-hydrogen) atoms. The minimum absolute atomic E-state index is 0.0526. The predicted molar refractivity (Wildman–Crippen MR) is 88.0 cm³/mol. The molecular formula is C17H25ClN2O. The molecule has 3 nitrogen and oxygen atoms in total. The first-order chi connectivity index (χ1) is 10.3. The predicted octanol–water partition coefficient (Wildman–Crippen LogP) is 3.29. The molecule has 2 aliphatic rings. The van der Waals surface area contributed by atoms with Gasteiger partial charge in [-0.05, 0) is 56.5 Å². The first kappa shape index (κ1) is 15.1. The van der Waals surface area contributed by atoms with E-state index < -0.39 is 0 Å². The van der Waals surface area contributed by atoms with Crippen molar-refractivity contribution in [1.29, 1.82) is 0 Å². The van der Waals surface area contributed by atoms with Gasteiger partial charge < -0.3 is 14.9 Å². The highest BCUT2D eigenvalue weighted by Crippen LogP contribution is 2.30. The van der Waals surface area contributed by atoms with Crippen LogP contribution in [-0.2, 0) is 6.61 Å². The average molecular weight is 309 g/mol. The zero-order valence-corrected chi connectivity index (χ0v) is 13.4. The van der Waals surface area contributed by atoms with Gasteiger partial charge in [0.05, 0.1) is 17.3 Å². The summed E-state index contributed by atoms with van der Waals surface area (Å²) in [5.41, 5.74) is 2.00. The average Bonchev–Trinajstić information content (AvgIpc) is 2.56. The number of nitrogens with zero attached hydrogens (tertiary/aromatic N) is 2. The largest absolute Gasteiger partial charge is 0.392 e. The lowest BCUT2D eigenvalue weighted by Crippen LogP contribution is -2.46. The number of likely N-dealkylation sites (tertiary alicyclic amines) is 1. The maximum atomic E-state index is 9.16. The molecule has 1 aromatic rings. The lowest BCUT2D eigenvalue weighted by Gasteiger charge is -2.41. The summed E-state index contributed by atoms with van der Waals surface area (Å²) in [5.74, 6) is 0. The standard InChI is InChI=1S/C17H25ClN2O/c18-16-12-14(13-21)4-5-17(16)20-10-6-15(7-11-20)19-8-2-1-3-9-19/h4-5,12,15,21H,1-3,6-11,13H2. The molecule has 0 radical (unpaired) electrons. The molecule has 0 amide bonds. The van der Waals surface area contributed by atoms with Crippen LogP contribution in [0, 0.1) is 0 Å². The van der Waals surface area contributed by atoms with Gasteiger partial charge in [0.15, 0.2) is 0 Å². The normalized spacial score (nSPS) is 21.7. The van der Waals surface area contributed by atoms with Gasteiger partial charge in [-0.25, -0.2) is 0 Å². The number of aliphatic hydroxyl groups is 1. The molecule has 4 heteroatoms. The number of rotatable bonds is 3. The van der Waals surface area contributed by atoms with Crippen LogP contribution in [0.15, 0.2) is 18.2 Å². The van der Waals surface area contributed by atoms with E-state index in [0.29, 0.717) is 0 Å². The number of aliphatic hydroxyl groups excluding tert-OH is 1. The molecule has 1 aromatic carbocycles.